The molecule has 0 saturated carbocycles. The second-order valence-corrected chi connectivity index (χ2v) is 8.75. The molecule has 1 aliphatic heterocycles. The molecule has 0 unspecified atom stereocenters. The maximum Gasteiger partial charge on any atom is 0.275 e. The van der Waals surface area contributed by atoms with Gasteiger partial charge in [0.2, 0.25) is 0 Å². The average Bonchev–Trinajstić information content (AvgIpc) is 3.29. The molecule has 4 nitrogen and oxygen atoms in total. The Hall–Kier alpha value is -2.47. The van der Waals surface area contributed by atoms with E-state index in [1.54, 1.807) is 16.2 Å². The summed E-state index contributed by atoms with van der Waals surface area (Å²) in [6.07, 6.45) is 0. The molecule has 0 bridgehead atoms. The van der Waals surface area contributed by atoms with Crippen LogP contribution in [-0.2, 0) is 11.3 Å². The highest BCUT2D eigenvalue weighted by Crippen LogP contribution is 2.25. The van der Waals surface area contributed by atoms with E-state index in [4.69, 9.17) is 0 Å². The fraction of sp³-hybridized carbons (Fsp3) is 0.292. The van der Waals surface area contributed by atoms with Crippen LogP contribution in [0, 0.1) is 0 Å². The first-order valence-electron chi connectivity index (χ1n) is 10.4. The van der Waals surface area contributed by atoms with Crippen LogP contribution in [0.15, 0.2) is 78.2 Å². The highest BCUT2D eigenvalue weighted by atomic mass is 32.1. The number of quaternary nitrogens is 2. The van der Waals surface area contributed by atoms with Gasteiger partial charge < -0.3 is 15.1 Å². The lowest BCUT2D eigenvalue weighted by Gasteiger charge is -2.29. The summed E-state index contributed by atoms with van der Waals surface area (Å²) in [7, 11) is 0. The van der Waals surface area contributed by atoms with Crippen molar-refractivity contribution in [2.45, 2.75) is 12.6 Å². The predicted molar refractivity (Wildman–Crippen MR) is 117 cm³/mol. The fourth-order valence-electron chi connectivity index (χ4n) is 4.05. The zero-order chi connectivity index (χ0) is 19.9. The maximum atomic E-state index is 12.8. The van der Waals surface area contributed by atoms with Crippen molar-refractivity contribution in [2.24, 2.45) is 0 Å². The van der Waals surface area contributed by atoms with Crippen molar-refractivity contribution in [1.29, 1.82) is 0 Å². The topological polar surface area (TPSA) is 38.0 Å². The molecule has 150 valence electrons. The molecular formula is C24H29N3OS+2. The number of piperazine rings is 1. The molecule has 2 heterocycles. The summed E-state index contributed by atoms with van der Waals surface area (Å²) in [5, 5.41) is 5.34. The Morgan fingerprint density at radius 2 is 1.52 bits per heavy atom. The lowest BCUT2D eigenvalue weighted by atomic mass is 10.1. The van der Waals surface area contributed by atoms with Gasteiger partial charge in [-0.1, -0.05) is 66.7 Å². The minimum atomic E-state index is -0.0619. The van der Waals surface area contributed by atoms with Crippen molar-refractivity contribution in [3.05, 3.63) is 94.2 Å². The Balaban J connectivity index is 1.30. The first-order chi connectivity index (χ1) is 14.3. The first-order valence-corrected chi connectivity index (χ1v) is 11.2. The number of carbonyl (C=O) groups excluding carboxylic acids is 1. The van der Waals surface area contributed by atoms with Gasteiger partial charge in [0, 0.05) is 10.4 Å². The first kappa shape index (κ1) is 19.8. The minimum Gasteiger partial charge on any atom is -0.339 e. The summed E-state index contributed by atoms with van der Waals surface area (Å²) in [4.78, 5) is 17.0. The molecule has 1 aromatic heterocycles. The van der Waals surface area contributed by atoms with Crippen molar-refractivity contribution < 1.29 is 14.6 Å². The SMILES string of the molecule is O=C(C[NH+]1CC[NH+](Cc2ccccc2)CC1)N[C@H](c1ccccc1)c1cccs1. The fourth-order valence-corrected chi connectivity index (χ4v) is 4.86. The number of nitrogens with one attached hydrogen (secondary N) is 3. The molecule has 4 rings (SSSR count). The molecule has 1 amide bonds. The monoisotopic (exact) mass is 407 g/mol. The van der Waals surface area contributed by atoms with E-state index in [0.717, 1.165) is 38.3 Å². The molecular weight excluding hydrogens is 378 g/mol. The van der Waals surface area contributed by atoms with Crippen LogP contribution in [0.2, 0.25) is 0 Å². The van der Waals surface area contributed by atoms with E-state index in [1.165, 1.54) is 15.3 Å². The number of carbonyl (C=O) groups is 1. The molecule has 0 aliphatic carbocycles. The van der Waals surface area contributed by atoms with Gasteiger partial charge in [0.15, 0.2) is 6.54 Å². The van der Waals surface area contributed by atoms with Crippen LogP contribution in [0.4, 0.5) is 0 Å². The number of benzene rings is 2. The van der Waals surface area contributed by atoms with Gasteiger partial charge in [-0.3, -0.25) is 4.79 Å². The standard InChI is InChI=1S/C24H27N3OS/c28-23(25-24(22-12-7-17-29-22)21-10-5-2-6-11-21)19-27-15-13-26(14-16-27)18-20-8-3-1-4-9-20/h1-12,17,24H,13-16,18-19H2,(H,25,28)/p+2/t24-/m1/s1. The number of rotatable bonds is 7. The van der Waals surface area contributed by atoms with Crippen molar-refractivity contribution in [3.63, 3.8) is 0 Å². The molecule has 2 aromatic carbocycles. The smallest absolute Gasteiger partial charge is 0.275 e. The highest BCUT2D eigenvalue weighted by Gasteiger charge is 2.26. The Labute approximate surface area is 176 Å². The molecule has 5 heteroatoms. The minimum absolute atomic E-state index is 0.0619. The number of hydrogen-bond acceptors (Lipinski definition) is 2. The van der Waals surface area contributed by atoms with Crippen LogP contribution in [-0.4, -0.2) is 38.6 Å². The zero-order valence-corrected chi connectivity index (χ0v) is 17.5. The van der Waals surface area contributed by atoms with Crippen molar-refractivity contribution in [3.8, 4) is 0 Å². The van der Waals surface area contributed by atoms with Crippen LogP contribution < -0.4 is 15.1 Å². The summed E-state index contributed by atoms with van der Waals surface area (Å²) >= 11 is 1.69. The van der Waals surface area contributed by atoms with Crippen LogP contribution in [0.3, 0.4) is 0 Å². The zero-order valence-electron chi connectivity index (χ0n) is 16.6. The van der Waals surface area contributed by atoms with E-state index >= 15 is 0 Å². The van der Waals surface area contributed by atoms with Gasteiger partial charge in [0.25, 0.3) is 5.91 Å². The highest BCUT2D eigenvalue weighted by molar-refractivity contribution is 7.10. The van der Waals surface area contributed by atoms with Gasteiger partial charge in [0.1, 0.15) is 32.7 Å². The Kier molecular flexibility index (Phi) is 6.72. The lowest BCUT2D eigenvalue weighted by molar-refractivity contribution is -1.02. The van der Waals surface area contributed by atoms with Crippen LogP contribution in [0.5, 0.6) is 0 Å². The van der Waals surface area contributed by atoms with Gasteiger partial charge in [0.05, 0.1) is 6.04 Å². The Morgan fingerprint density at radius 3 is 2.17 bits per heavy atom. The quantitative estimate of drug-likeness (QED) is 0.536. The Bertz CT molecular complexity index is 875. The van der Waals surface area contributed by atoms with E-state index in [-0.39, 0.29) is 11.9 Å². The van der Waals surface area contributed by atoms with Crippen LogP contribution >= 0.6 is 11.3 Å². The molecule has 0 spiro atoms. The maximum absolute atomic E-state index is 12.8. The lowest BCUT2D eigenvalue weighted by Crippen LogP contribution is -3.28. The Morgan fingerprint density at radius 1 is 0.862 bits per heavy atom. The summed E-state index contributed by atoms with van der Waals surface area (Å²) in [5.41, 5.74) is 2.53. The number of hydrogen-bond donors (Lipinski definition) is 3. The van der Waals surface area contributed by atoms with Crippen molar-refractivity contribution >= 4 is 17.2 Å². The second-order valence-electron chi connectivity index (χ2n) is 7.77. The summed E-state index contributed by atoms with van der Waals surface area (Å²) in [6.45, 7) is 5.95. The van der Waals surface area contributed by atoms with Gasteiger partial charge in [-0.2, -0.15) is 0 Å². The summed E-state index contributed by atoms with van der Waals surface area (Å²) in [5.74, 6) is 0.133. The molecule has 3 N–H and O–H groups in total. The molecule has 1 saturated heterocycles. The number of thiophene rings is 1. The van der Waals surface area contributed by atoms with Gasteiger partial charge in [-0.25, -0.2) is 0 Å². The van der Waals surface area contributed by atoms with E-state index in [2.05, 4.69) is 59.2 Å². The van der Waals surface area contributed by atoms with Gasteiger partial charge >= 0.3 is 0 Å². The van der Waals surface area contributed by atoms with Gasteiger partial charge in [-0.05, 0) is 17.0 Å². The van der Waals surface area contributed by atoms with Crippen molar-refractivity contribution in [2.75, 3.05) is 32.7 Å². The van der Waals surface area contributed by atoms with E-state index in [0.29, 0.717) is 6.54 Å². The molecule has 1 atom stereocenters. The van der Waals surface area contributed by atoms with Crippen molar-refractivity contribution in [1.82, 2.24) is 5.32 Å². The molecule has 1 aliphatic rings. The normalized spacial score (nSPS) is 20.1. The molecule has 29 heavy (non-hydrogen) atoms. The third kappa shape index (κ3) is 5.54. The van der Waals surface area contributed by atoms with E-state index in [9.17, 15) is 4.79 Å². The summed E-state index contributed by atoms with van der Waals surface area (Å²) < 4.78 is 0. The number of amides is 1. The van der Waals surface area contributed by atoms with Crippen LogP contribution in [0.25, 0.3) is 0 Å². The molecule has 3 aromatic rings. The molecule has 1 fully saturated rings. The van der Waals surface area contributed by atoms with Crippen LogP contribution in [0.1, 0.15) is 22.0 Å². The van der Waals surface area contributed by atoms with E-state index < -0.39 is 0 Å². The largest absolute Gasteiger partial charge is 0.339 e. The summed E-state index contributed by atoms with van der Waals surface area (Å²) in [6, 6.07) is 25.0. The average molecular weight is 408 g/mol. The van der Waals surface area contributed by atoms with Gasteiger partial charge in [-0.15, -0.1) is 11.3 Å². The molecule has 0 radical (unpaired) electrons. The third-order valence-electron chi connectivity index (χ3n) is 5.64. The third-order valence-corrected chi connectivity index (χ3v) is 6.57. The second kappa shape index (κ2) is 9.83. The predicted octanol–water partition coefficient (Wildman–Crippen LogP) is 0.937. The van der Waals surface area contributed by atoms with E-state index in [1.807, 2.05) is 24.3 Å².